The number of likely N-dealkylation sites (N-methyl/N-ethyl adjacent to an activating group) is 1. The molecule has 0 aliphatic carbocycles. The van der Waals surface area contributed by atoms with Gasteiger partial charge < -0.3 is 5.32 Å². The summed E-state index contributed by atoms with van der Waals surface area (Å²) in [5.41, 5.74) is 2.32. The number of nitrogens with one attached hydrogen (secondary N) is 1. The quantitative estimate of drug-likeness (QED) is 0.852. The van der Waals surface area contributed by atoms with Crippen molar-refractivity contribution in [3.8, 4) is 0 Å². The van der Waals surface area contributed by atoms with Crippen LogP contribution in [0.5, 0.6) is 0 Å². The van der Waals surface area contributed by atoms with E-state index in [0.717, 1.165) is 36.6 Å². The van der Waals surface area contributed by atoms with E-state index in [1.807, 2.05) is 29.2 Å². The number of aromatic nitrogens is 3. The van der Waals surface area contributed by atoms with Gasteiger partial charge in [-0.25, -0.2) is 0 Å². The summed E-state index contributed by atoms with van der Waals surface area (Å²) in [7, 11) is 0. The molecule has 2 aromatic heterocycles. The Balaban J connectivity index is 2.26. The van der Waals surface area contributed by atoms with E-state index in [9.17, 15) is 0 Å². The van der Waals surface area contributed by atoms with Crippen molar-refractivity contribution in [1.29, 1.82) is 0 Å². The first-order valence-electron chi connectivity index (χ1n) is 7.09. The first-order valence-corrected chi connectivity index (χ1v) is 7.47. The predicted molar refractivity (Wildman–Crippen MR) is 81.9 cm³/mol. The highest BCUT2D eigenvalue weighted by molar-refractivity contribution is 6.31. The fourth-order valence-electron chi connectivity index (χ4n) is 2.37. The Labute approximate surface area is 125 Å². The predicted octanol–water partition coefficient (Wildman–Crippen LogP) is 3.23. The second-order valence-corrected chi connectivity index (χ2v) is 5.18. The van der Waals surface area contributed by atoms with E-state index in [-0.39, 0.29) is 6.04 Å². The van der Waals surface area contributed by atoms with E-state index in [0.29, 0.717) is 0 Å². The van der Waals surface area contributed by atoms with E-state index in [1.54, 1.807) is 6.20 Å². The van der Waals surface area contributed by atoms with Gasteiger partial charge in [0.2, 0.25) is 0 Å². The second kappa shape index (κ2) is 7.41. The van der Waals surface area contributed by atoms with Crippen LogP contribution in [0, 0.1) is 0 Å². The summed E-state index contributed by atoms with van der Waals surface area (Å²) in [5.74, 6) is 0. The normalized spacial score (nSPS) is 12.6. The van der Waals surface area contributed by atoms with Gasteiger partial charge in [-0.2, -0.15) is 5.10 Å². The maximum atomic E-state index is 6.34. The third-order valence-electron chi connectivity index (χ3n) is 3.24. The lowest BCUT2D eigenvalue weighted by Crippen LogP contribution is -2.26. The minimum atomic E-state index is 0.170. The lowest BCUT2D eigenvalue weighted by Gasteiger charge is -2.20. The SMILES string of the molecule is CCCn1ncc(Cl)c1C(Cc1ccncc1)NCC. The highest BCUT2D eigenvalue weighted by atomic mass is 35.5. The van der Waals surface area contributed by atoms with Crippen LogP contribution in [0.15, 0.2) is 30.7 Å². The number of aryl methyl sites for hydroxylation is 1. The van der Waals surface area contributed by atoms with Crippen LogP contribution >= 0.6 is 11.6 Å². The highest BCUT2D eigenvalue weighted by Gasteiger charge is 2.19. The zero-order valence-corrected chi connectivity index (χ0v) is 12.8. The molecular weight excluding hydrogens is 272 g/mol. The van der Waals surface area contributed by atoms with Gasteiger partial charge in [0.15, 0.2) is 0 Å². The Bertz CT molecular complexity index is 524. The standard InChI is InChI=1S/C15H21ClN4/c1-3-9-20-15(13(16)11-19-20)14(18-4-2)10-12-5-7-17-8-6-12/h5-8,11,14,18H,3-4,9-10H2,1-2H3. The largest absolute Gasteiger partial charge is 0.309 e. The summed E-state index contributed by atoms with van der Waals surface area (Å²) in [5, 5.41) is 8.62. The van der Waals surface area contributed by atoms with Gasteiger partial charge >= 0.3 is 0 Å². The Morgan fingerprint density at radius 1 is 1.30 bits per heavy atom. The van der Waals surface area contributed by atoms with Crippen molar-refractivity contribution >= 4 is 11.6 Å². The number of hydrogen-bond donors (Lipinski definition) is 1. The molecule has 1 unspecified atom stereocenters. The molecule has 0 saturated heterocycles. The van der Waals surface area contributed by atoms with Crippen molar-refractivity contribution < 1.29 is 0 Å². The summed E-state index contributed by atoms with van der Waals surface area (Å²) < 4.78 is 2.01. The van der Waals surface area contributed by atoms with Crippen LogP contribution in [0.2, 0.25) is 5.02 Å². The van der Waals surface area contributed by atoms with Gasteiger partial charge in [0.05, 0.1) is 23.0 Å². The molecular formula is C15H21ClN4. The van der Waals surface area contributed by atoms with Crippen molar-refractivity contribution in [2.75, 3.05) is 6.54 Å². The zero-order valence-electron chi connectivity index (χ0n) is 12.0. The van der Waals surface area contributed by atoms with Crippen LogP contribution in [0.25, 0.3) is 0 Å². The molecule has 0 radical (unpaired) electrons. The topological polar surface area (TPSA) is 42.7 Å². The molecule has 1 atom stereocenters. The summed E-state index contributed by atoms with van der Waals surface area (Å²) in [4.78, 5) is 4.06. The number of hydrogen-bond acceptors (Lipinski definition) is 3. The third kappa shape index (κ3) is 3.58. The molecule has 2 heterocycles. The molecule has 108 valence electrons. The van der Waals surface area contributed by atoms with Crippen molar-refractivity contribution in [3.63, 3.8) is 0 Å². The van der Waals surface area contributed by atoms with Gasteiger partial charge in [0, 0.05) is 18.9 Å². The van der Waals surface area contributed by atoms with Crippen molar-refractivity contribution in [2.24, 2.45) is 0 Å². The van der Waals surface area contributed by atoms with Crippen LogP contribution in [-0.4, -0.2) is 21.3 Å². The molecule has 2 aromatic rings. The third-order valence-corrected chi connectivity index (χ3v) is 3.53. The lowest BCUT2D eigenvalue weighted by atomic mass is 10.0. The number of halogens is 1. The Morgan fingerprint density at radius 3 is 2.70 bits per heavy atom. The van der Waals surface area contributed by atoms with Gasteiger partial charge in [0.25, 0.3) is 0 Å². The Morgan fingerprint density at radius 2 is 2.05 bits per heavy atom. The van der Waals surface area contributed by atoms with Gasteiger partial charge in [-0.3, -0.25) is 9.67 Å². The molecule has 4 nitrogen and oxygen atoms in total. The van der Waals surface area contributed by atoms with Gasteiger partial charge in [-0.1, -0.05) is 25.4 Å². The van der Waals surface area contributed by atoms with E-state index in [1.165, 1.54) is 5.56 Å². The summed E-state index contributed by atoms with van der Waals surface area (Å²) in [6.07, 6.45) is 7.31. The van der Waals surface area contributed by atoms with Crippen LogP contribution in [0.4, 0.5) is 0 Å². The molecule has 0 fully saturated rings. The molecule has 5 heteroatoms. The molecule has 20 heavy (non-hydrogen) atoms. The van der Waals surface area contributed by atoms with Gasteiger partial charge in [0.1, 0.15) is 0 Å². The Hall–Kier alpha value is -1.39. The van der Waals surface area contributed by atoms with Crippen molar-refractivity contribution in [3.05, 3.63) is 47.0 Å². The molecule has 0 aliphatic heterocycles. The molecule has 0 amide bonds. The molecule has 0 aliphatic rings. The van der Waals surface area contributed by atoms with Crippen LogP contribution in [0.1, 0.15) is 37.6 Å². The molecule has 2 rings (SSSR count). The molecule has 1 N–H and O–H groups in total. The molecule has 0 spiro atoms. The van der Waals surface area contributed by atoms with Gasteiger partial charge in [-0.05, 0) is 37.1 Å². The Kier molecular flexibility index (Phi) is 5.56. The molecule has 0 bridgehead atoms. The van der Waals surface area contributed by atoms with E-state index in [4.69, 9.17) is 11.6 Å². The van der Waals surface area contributed by atoms with E-state index < -0.39 is 0 Å². The maximum absolute atomic E-state index is 6.34. The number of rotatable bonds is 7. The average molecular weight is 293 g/mol. The van der Waals surface area contributed by atoms with Crippen molar-refractivity contribution in [1.82, 2.24) is 20.1 Å². The summed E-state index contributed by atoms with van der Waals surface area (Å²) in [6, 6.07) is 4.25. The molecule has 0 saturated carbocycles. The van der Waals surface area contributed by atoms with Crippen LogP contribution in [-0.2, 0) is 13.0 Å². The lowest BCUT2D eigenvalue weighted by molar-refractivity contribution is 0.478. The smallest absolute Gasteiger partial charge is 0.0834 e. The minimum absolute atomic E-state index is 0.170. The average Bonchev–Trinajstić information content (AvgIpc) is 2.81. The first kappa shape index (κ1) is 15.0. The first-order chi connectivity index (χ1) is 9.76. The summed E-state index contributed by atoms with van der Waals surface area (Å²) >= 11 is 6.34. The fourth-order valence-corrected chi connectivity index (χ4v) is 2.65. The van der Waals surface area contributed by atoms with Gasteiger partial charge in [-0.15, -0.1) is 0 Å². The zero-order chi connectivity index (χ0) is 14.4. The van der Waals surface area contributed by atoms with E-state index in [2.05, 4.69) is 29.2 Å². The van der Waals surface area contributed by atoms with Crippen LogP contribution < -0.4 is 5.32 Å². The van der Waals surface area contributed by atoms with Crippen molar-refractivity contribution in [2.45, 2.75) is 39.3 Å². The monoisotopic (exact) mass is 292 g/mol. The fraction of sp³-hybridized carbons (Fsp3) is 0.467. The molecule has 0 aromatic carbocycles. The number of pyridine rings is 1. The summed E-state index contributed by atoms with van der Waals surface area (Å²) in [6.45, 7) is 6.03. The van der Waals surface area contributed by atoms with E-state index >= 15 is 0 Å². The highest BCUT2D eigenvalue weighted by Crippen LogP contribution is 2.26. The maximum Gasteiger partial charge on any atom is 0.0834 e. The van der Waals surface area contributed by atoms with Crippen LogP contribution in [0.3, 0.4) is 0 Å². The second-order valence-electron chi connectivity index (χ2n) is 4.77. The number of nitrogens with zero attached hydrogens (tertiary/aromatic N) is 3. The minimum Gasteiger partial charge on any atom is -0.309 e.